The monoisotopic (exact) mass is 324 g/mol. The zero-order chi connectivity index (χ0) is 16.9. The molecule has 0 saturated heterocycles. The Balaban J connectivity index is 1.75. The van der Waals surface area contributed by atoms with Crippen molar-refractivity contribution in [2.24, 2.45) is 0 Å². The van der Waals surface area contributed by atoms with Crippen molar-refractivity contribution in [2.75, 3.05) is 6.54 Å². The third-order valence-corrected chi connectivity index (χ3v) is 3.95. The van der Waals surface area contributed by atoms with Crippen molar-refractivity contribution in [3.8, 4) is 0 Å². The summed E-state index contributed by atoms with van der Waals surface area (Å²) in [5.74, 6) is -0.108. The van der Waals surface area contributed by atoms with Gasteiger partial charge in [0.05, 0.1) is 24.3 Å². The number of para-hydroxylation sites is 1. The zero-order valence-corrected chi connectivity index (χ0v) is 13.7. The van der Waals surface area contributed by atoms with Gasteiger partial charge in [0.25, 0.3) is 0 Å². The molecular formula is C17H20N6O. The Bertz CT molecular complexity index is 850. The Morgan fingerprint density at radius 1 is 1.29 bits per heavy atom. The van der Waals surface area contributed by atoms with Gasteiger partial charge in [-0.3, -0.25) is 9.48 Å². The first-order valence-corrected chi connectivity index (χ1v) is 7.93. The largest absolute Gasteiger partial charge is 0.331 e. The van der Waals surface area contributed by atoms with Gasteiger partial charge in [0.15, 0.2) is 0 Å². The van der Waals surface area contributed by atoms with Crippen LogP contribution in [0.25, 0.3) is 11.0 Å². The van der Waals surface area contributed by atoms with Crippen molar-refractivity contribution in [3.05, 3.63) is 54.9 Å². The van der Waals surface area contributed by atoms with Crippen LogP contribution in [0, 0.1) is 0 Å². The first-order chi connectivity index (χ1) is 11.7. The number of rotatable bonds is 7. The summed E-state index contributed by atoms with van der Waals surface area (Å²) >= 11 is 0. The fourth-order valence-corrected chi connectivity index (χ4v) is 2.67. The molecule has 7 heteroatoms. The van der Waals surface area contributed by atoms with Crippen molar-refractivity contribution in [1.82, 2.24) is 29.7 Å². The number of fused-ring (bicyclic) bond motifs is 1. The molecule has 0 N–H and O–H groups in total. The summed E-state index contributed by atoms with van der Waals surface area (Å²) in [4.78, 5) is 13.9. The molecular weight excluding hydrogens is 304 g/mol. The highest BCUT2D eigenvalue weighted by Crippen LogP contribution is 2.11. The molecule has 0 aliphatic rings. The first-order valence-electron chi connectivity index (χ1n) is 7.93. The minimum absolute atomic E-state index is 0.108. The number of hydrogen-bond donors (Lipinski definition) is 0. The van der Waals surface area contributed by atoms with Gasteiger partial charge in [-0.1, -0.05) is 23.9 Å². The van der Waals surface area contributed by atoms with Gasteiger partial charge in [0.1, 0.15) is 5.52 Å². The minimum Gasteiger partial charge on any atom is -0.331 e. The van der Waals surface area contributed by atoms with Gasteiger partial charge in [-0.2, -0.15) is 5.10 Å². The van der Waals surface area contributed by atoms with E-state index >= 15 is 0 Å². The molecule has 2 aromatic heterocycles. The van der Waals surface area contributed by atoms with Crippen molar-refractivity contribution in [2.45, 2.75) is 26.6 Å². The fourth-order valence-electron chi connectivity index (χ4n) is 2.67. The molecule has 0 aliphatic carbocycles. The second-order valence-electron chi connectivity index (χ2n) is 5.40. The topological polar surface area (TPSA) is 68.8 Å². The molecule has 0 saturated carbocycles. The van der Waals surface area contributed by atoms with Crippen molar-refractivity contribution < 1.29 is 4.79 Å². The van der Waals surface area contributed by atoms with E-state index < -0.39 is 0 Å². The summed E-state index contributed by atoms with van der Waals surface area (Å²) in [5.41, 5.74) is 2.81. The minimum atomic E-state index is -0.108. The molecule has 0 fully saturated rings. The predicted molar refractivity (Wildman–Crippen MR) is 91.0 cm³/mol. The van der Waals surface area contributed by atoms with Crippen LogP contribution in [0.1, 0.15) is 12.6 Å². The van der Waals surface area contributed by atoms with E-state index in [9.17, 15) is 4.79 Å². The van der Waals surface area contributed by atoms with Crippen molar-refractivity contribution >= 4 is 16.9 Å². The van der Waals surface area contributed by atoms with Crippen LogP contribution in [-0.2, 0) is 24.4 Å². The summed E-state index contributed by atoms with van der Waals surface area (Å²) < 4.78 is 3.70. The number of nitrogens with zero attached hydrogens (tertiary/aromatic N) is 6. The van der Waals surface area contributed by atoms with Crippen LogP contribution < -0.4 is 0 Å². The smallest absolute Gasteiger partial charge is 0.246 e. The molecule has 124 valence electrons. The van der Waals surface area contributed by atoms with Crippen molar-refractivity contribution in [1.29, 1.82) is 0 Å². The van der Waals surface area contributed by atoms with Gasteiger partial charge in [-0.15, -0.1) is 5.10 Å². The van der Waals surface area contributed by atoms with Gasteiger partial charge in [-0.25, -0.2) is 4.68 Å². The lowest BCUT2D eigenvalue weighted by molar-refractivity contribution is -0.126. The number of aromatic nitrogens is 5. The molecule has 1 amide bonds. The Labute approximate surface area is 140 Å². The summed E-state index contributed by atoms with van der Waals surface area (Å²) in [5, 5.41) is 12.6. The van der Waals surface area contributed by atoms with Crippen LogP contribution in [0.5, 0.6) is 0 Å². The number of benzene rings is 1. The second kappa shape index (κ2) is 7.08. The maximum Gasteiger partial charge on any atom is 0.246 e. The van der Waals surface area contributed by atoms with Crippen LogP contribution in [0.15, 0.2) is 49.2 Å². The van der Waals surface area contributed by atoms with E-state index in [1.807, 2.05) is 46.6 Å². The van der Waals surface area contributed by atoms with Crippen molar-refractivity contribution in [3.63, 3.8) is 0 Å². The van der Waals surface area contributed by atoms with E-state index in [1.165, 1.54) is 6.08 Å². The molecule has 0 aliphatic heterocycles. The molecule has 7 nitrogen and oxygen atoms in total. The molecule has 3 aromatic rings. The number of carbonyl (C=O) groups is 1. The Hall–Kier alpha value is -2.96. The lowest BCUT2D eigenvalue weighted by Gasteiger charge is -2.21. The molecule has 0 unspecified atom stereocenters. The van der Waals surface area contributed by atoms with E-state index in [4.69, 9.17) is 0 Å². The zero-order valence-electron chi connectivity index (χ0n) is 13.7. The second-order valence-corrected chi connectivity index (χ2v) is 5.40. The Kier molecular flexibility index (Phi) is 4.69. The molecule has 0 bridgehead atoms. The van der Waals surface area contributed by atoms with Crippen LogP contribution in [0.2, 0.25) is 0 Å². The number of carbonyl (C=O) groups excluding carboxylic acids is 1. The van der Waals surface area contributed by atoms with E-state index in [1.54, 1.807) is 11.1 Å². The number of amides is 1. The van der Waals surface area contributed by atoms with Gasteiger partial charge in [-0.05, 0) is 31.2 Å². The molecule has 1 aromatic carbocycles. The fraction of sp³-hybridized carbons (Fsp3) is 0.294. The number of hydrogen-bond acceptors (Lipinski definition) is 4. The highest BCUT2D eigenvalue weighted by Gasteiger charge is 2.14. The van der Waals surface area contributed by atoms with E-state index in [0.717, 1.165) is 23.3 Å². The normalized spacial score (nSPS) is 10.9. The Morgan fingerprint density at radius 2 is 2.12 bits per heavy atom. The Morgan fingerprint density at radius 3 is 2.92 bits per heavy atom. The predicted octanol–water partition coefficient (Wildman–Crippen LogP) is 1.86. The average molecular weight is 324 g/mol. The summed E-state index contributed by atoms with van der Waals surface area (Å²) in [6.45, 7) is 7.98. The molecule has 0 radical (unpaired) electrons. The summed E-state index contributed by atoms with van der Waals surface area (Å²) in [6, 6.07) is 9.71. The van der Waals surface area contributed by atoms with Gasteiger partial charge >= 0.3 is 0 Å². The first kappa shape index (κ1) is 15.9. The molecule has 0 spiro atoms. The molecule has 3 rings (SSSR count). The van der Waals surface area contributed by atoms with Gasteiger partial charge in [0, 0.05) is 19.3 Å². The quantitative estimate of drug-likeness (QED) is 0.622. The van der Waals surface area contributed by atoms with Gasteiger partial charge in [0.2, 0.25) is 5.91 Å². The van der Waals surface area contributed by atoms with E-state index in [2.05, 4.69) is 22.0 Å². The third-order valence-electron chi connectivity index (χ3n) is 3.95. The summed E-state index contributed by atoms with van der Waals surface area (Å²) in [6.07, 6.45) is 3.09. The summed E-state index contributed by atoms with van der Waals surface area (Å²) in [7, 11) is 0. The molecule has 0 atom stereocenters. The highest BCUT2D eigenvalue weighted by atomic mass is 16.2. The van der Waals surface area contributed by atoms with E-state index in [0.29, 0.717) is 19.6 Å². The van der Waals surface area contributed by atoms with Gasteiger partial charge < -0.3 is 4.90 Å². The van der Waals surface area contributed by atoms with E-state index in [-0.39, 0.29) is 5.91 Å². The molecule has 2 heterocycles. The highest BCUT2D eigenvalue weighted by molar-refractivity contribution is 5.86. The van der Waals surface area contributed by atoms with Crippen LogP contribution >= 0.6 is 0 Å². The maximum atomic E-state index is 12.2. The number of aryl methyl sites for hydroxylation is 1. The molecule has 24 heavy (non-hydrogen) atoms. The van der Waals surface area contributed by atoms with Crippen LogP contribution in [-0.4, -0.2) is 42.1 Å². The maximum absolute atomic E-state index is 12.2. The van der Waals surface area contributed by atoms with Crippen LogP contribution in [0.3, 0.4) is 0 Å². The average Bonchev–Trinajstić information content (AvgIpc) is 3.24. The standard InChI is InChI=1S/C17H20N6O/c1-3-17(24)21(13-14-9-10-18-22(14)4-2)11-12-23-16-8-6-5-7-15(16)19-20-23/h3,5-10H,1,4,11-13H2,2H3. The SMILES string of the molecule is C=CC(=O)N(CCn1nnc2ccccc21)Cc1ccnn1CC. The van der Waals surface area contributed by atoms with Crippen LogP contribution in [0.4, 0.5) is 0 Å². The third kappa shape index (κ3) is 3.19. The lowest BCUT2D eigenvalue weighted by Crippen LogP contribution is -2.33. The lowest BCUT2D eigenvalue weighted by atomic mass is 10.3.